The highest BCUT2D eigenvalue weighted by molar-refractivity contribution is 6.42. The summed E-state index contributed by atoms with van der Waals surface area (Å²) in [6.07, 6.45) is 0. The molecule has 0 radical (unpaired) electrons. The summed E-state index contributed by atoms with van der Waals surface area (Å²) in [6, 6.07) is 12.7. The fourth-order valence-corrected chi connectivity index (χ4v) is 2.49. The predicted molar refractivity (Wildman–Crippen MR) is 100 cm³/mol. The zero-order chi connectivity index (χ0) is 18.7. The molecule has 0 atom stereocenters. The second-order valence-electron chi connectivity index (χ2n) is 5.44. The van der Waals surface area contributed by atoms with Gasteiger partial charge in [-0.15, -0.1) is 0 Å². The highest BCUT2D eigenvalue weighted by Crippen LogP contribution is 2.25. The molecule has 6 nitrogen and oxygen atoms in total. The number of carbonyl (C=O) groups is 2. The van der Waals surface area contributed by atoms with Crippen molar-refractivity contribution in [3.05, 3.63) is 75.5 Å². The van der Waals surface area contributed by atoms with Gasteiger partial charge in [-0.05, 0) is 43.3 Å². The fraction of sp³-hybridized carbons (Fsp3) is 0.0556. The highest BCUT2D eigenvalue weighted by Gasteiger charge is 2.13. The van der Waals surface area contributed by atoms with Crippen molar-refractivity contribution in [2.24, 2.45) is 0 Å². The zero-order valence-corrected chi connectivity index (χ0v) is 15.1. The van der Waals surface area contributed by atoms with Crippen molar-refractivity contribution in [3.8, 4) is 0 Å². The Bertz CT molecular complexity index is 985. The van der Waals surface area contributed by atoms with Gasteiger partial charge in [0.25, 0.3) is 11.8 Å². The Morgan fingerprint density at radius 3 is 2.23 bits per heavy atom. The van der Waals surface area contributed by atoms with E-state index < -0.39 is 5.91 Å². The lowest BCUT2D eigenvalue weighted by Gasteiger charge is -2.08. The van der Waals surface area contributed by atoms with E-state index in [1.165, 1.54) is 6.07 Å². The van der Waals surface area contributed by atoms with Crippen molar-refractivity contribution in [3.63, 3.8) is 0 Å². The molecule has 2 N–H and O–H groups in total. The molecular weight excluding hydrogens is 377 g/mol. The molecule has 0 spiro atoms. The molecule has 2 aromatic carbocycles. The second-order valence-corrected chi connectivity index (χ2v) is 6.26. The van der Waals surface area contributed by atoms with Gasteiger partial charge in [0, 0.05) is 22.9 Å². The van der Waals surface area contributed by atoms with Crippen LogP contribution in [0.3, 0.4) is 0 Å². The fourth-order valence-electron chi connectivity index (χ4n) is 2.19. The molecule has 1 heterocycles. The number of carbonyl (C=O) groups excluding carboxylic acids is 2. The first-order valence-corrected chi connectivity index (χ1v) is 8.29. The van der Waals surface area contributed by atoms with Crippen LogP contribution in [0.2, 0.25) is 10.0 Å². The van der Waals surface area contributed by atoms with Crippen LogP contribution in [0.4, 0.5) is 11.5 Å². The van der Waals surface area contributed by atoms with Crippen molar-refractivity contribution >= 4 is 46.5 Å². The minimum Gasteiger partial charge on any atom is -0.360 e. The Labute approximate surface area is 159 Å². The molecule has 3 aromatic rings. The number of halogens is 2. The van der Waals surface area contributed by atoms with Crippen molar-refractivity contribution in [1.29, 1.82) is 0 Å². The quantitative estimate of drug-likeness (QED) is 0.671. The lowest BCUT2D eigenvalue weighted by molar-refractivity contribution is 0.102. The third-order valence-electron chi connectivity index (χ3n) is 3.43. The Morgan fingerprint density at radius 1 is 0.923 bits per heavy atom. The summed E-state index contributed by atoms with van der Waals surface area (Å²) < 4.78 is 4.90. The molecule has 0 aliphatic rings. The minimum absolute atomic E-state index is 0.304. The van der Waals surface area contributed by atoms with Gasteiger partial charge >= 0.3 is 0 Å². The number of benzene rings is 2. The highest BCUT2D eigenvalue weighted by atomic mass is 35.5. The van der Waals surface area contributed by atoms with Gasteiger partial charge in [0.1, 0.15) is 5.76 Å². The maximum Gasteiger partial charge on any atom is 0.256 e. The lowest BCUT2D eigenvalue weighted by Crippen LogP contribution is -2.15. The van der Waals surface area contributed by atoms with Crippen LogP contribution in [0.5, 0.6) is 0 Å². The molecule has 0 aliphatic carbocycles. The molecule has 0 saturated heterocycles. The van der Waals surface area contributed by atoms with E-state index in [0.29, 0.717) is 38.4 Å². The number of hydrogen-bond acceptors (Lipinski definition) is 4. The Kier molecular flexibility index (Phi) is 5.25. The number of aryl methyl sites for hydroxylation is 1. The predicted octanol–water partition coefficient (Wildman–Crippen LogP) is 4.79. The van der Waals surface area contributed by atoms with Crippen molar-refractivity contribution in [1.82, 2.24) is 5.16 Å². The monoisotopic (exact) mass is 389 g/mol. The third kappa shape index (κ3) is 4.22. The first-order valence-electron chi connectivity index (χ1n) is 7.53. The summed E-state index contributed by atoms with van der Waals surface area (Å²) in [4.78, 5) is 24.7. The second kappa shape index (κ2) is 7.59. The van der Waals surface area contributed by atoms with E-state index in [-0.39, 0.29) is 5.91 Å². The molecule has 2 amide bonds. The normalized spacial score (nSPS) is 10.4. The van der Waals surface area contributed by atoms with Crippen LogP contribution < -0.4 is 10.6 Å². The number of nitrogens with zero attached hydrogens (tertiary/aromatic N) is 1. The average Bonchev–Trinajstić information content (AvgIpc) is 3.03. The molecule has 26 heavy (non-hydrogen) atoms. The van der Waals surface area contributed by atoms with E-state index in [4.69, 9.17) is 27.7 Å². The van der Waals surface area contributed by atoms with Gasteiger partial charge in [-0.1, -0.05) is 34.4 Å². The van der Waals surface area contributed by atoms with Crippen LogP contribution >= 0.6 is 23.2 Å². The van der Waals surface area contributed by atoms with Crippen LogP contribution in [0.1, 0.15) is 26.5 Å². The molecule has 132 valence electrons. The maximum atomic E-state index is 12.4. The van der Waals surface area contributed by atoms with Crippen molar-refractivity contribution in [2.45, 2.75) is 6.92 Å². The minimum atomic E-state index is -0.400. The summed E-state index contributed by atoms with van der Waals surface area (Å²) in [5.74, 6) is 0.103. The molecule has 0 fully saturated rings. The van der Waals surface area contributed by atoms with E-state index in [1.54, 1.807) is 49.4 Å². The van der Waals surface area contributed by atoms with Gasteiger partial charge in [0.05, 0.1) is 10.0 Å². The van der Waals surface area contributed by atoms with Crippen LogP contribution in [0, 0.1) is 6.92 Å². The van der Waals surface area contributed by atoms with Crippen LogP contribution in [0.25, 0.3) is 0 Å². The van der Waals surface area contributed by atoms with E-state index in [1.807, 2.05) is 0 Å². The standard InChI is InChI=1S/C18H13Cl2N3O3/c1-10-7-16(23-26-10)22-18(25)12-4-2-3-11(8-12)17(24)21-13-5-6-14(19)15(20)9-13/h2-9H,1H3,(H,21,24)(H,22,23,25). The number of rotatable bonds is 4. The first kappa shape index (κ1) is 18.0. The van der Waals surface area contributed by atoms with Gasteiger partial charge in [0.2, 0.25) is 0 Å². The van der Waals surface area contributed by atoms with E-state index in [0.717, 1.165) is 0 Å². The number of aromatic nitrogens is 1. The molecule has 0 saturated carbocycles. The summed E-state index contributed by atoms with van der Waals surface area (Å²) in [5, 5.41) is 9.73. The number of nitrogens with one attached hydrogen (secondary N) is 2. The summed E-state index contributed by atoms with van der Waals surface area (Å²) in [6.45, 7) is 1.72. The summed E-state index contributed by atoms with van der Waals surface area (Å²) >= 11 is 11.8. The third-order valence-corrected chi connectivity index (χ3v) is 4.17. The Morgan fingerprint density at radius 2 is 1.62 bits per heavy atom. The van der Waals surface area contributed by atoms with Crippen molar-refractivity contribution in [2.75, 3.05) is 10.6 Å². The molecule has 3 rings (SSSR count). The van der Waals surface area contributed by atoms with E-state index in [9.17, 15) is 9.59 Å². The zero-order valence-electron chi connectivity index (χ0n) is 13.5. The van der Waals surface area contributed by atoms with E-state index >= 15 is 0 Å². The largest absolute Gasteiger partial charge is 0.360 e. The number of hydrogen-bond donors (Lipinski definition) is 2. The summed E-state index contributed by atoms with van der Waals surface area (Å²) in [5.41, 5.74) is 1.13. The SMILES string of the molecule is Cc1cc(NC(=O)c2cccc(C(=O)Nc3ccc(Cl)c(Cl)c3)c2)no1. The van der Waals surface area contributed by atoms with Crippen LogP contribution in [-0.4, -0.2) is 17.0 Å². The van der Waals surface area contributed by atoms with Gasteiger partial charge in [-0.25, -0.2) is 0 Å². The van der Waals surface area contributed by atoms with Crippen molar-refractivity contribution < 1.29 is 14.1 Å². The maximum absolute atomic E-state index is 12.4. The Balaban J connectivity index is 1.74. The van der Waals surface area contributed by atoms with E-state index in [2.05, 4.69) is 15.8 Å². The van der Waals surface area contributed by atoms with Gasteiger partial charge < -0.3 is 15.2 Å². The van der Waals surface area contributed by atoms with Crippen LogP contribution in [-0.2, 0) is 0 Å². The van der Waals surface area contributed by atoms with Gasteiger partial charge in [-0.2, -0.15) is 0 Å². The average molecular weight is 390 g/mol. The lowest BCUT2D eigenvalue weighted by atomic mass is 10.1. The van der Waals surface area contributed by atoms with Gasteiger partial charge in [-0.3, -0.25) is 9.59 Å². The molecule has 8 heteroatoms. The number of anilines is 2. The topological polar surface area (TPSA) is 84.2 Å². The molecule has 0 bridgehead atoms. The first-order chi connectivity index (χ1) is 12.4. The van der Waals surface area contributed by atoms with Gasteiger partial charge in [0.15, 0.2) is 5.82 Å². The molecular formula is C18H13Cl2N3O3. The Hall–Kier alpha value is -2.83. The molecule has 1 aromatic heterocycles. The molecule has 0 unspecified atom stereocenters. The summed E-state index contributed by atoms with van der Waals surface area (Å²) in [7, 11) is 0. The smallest absolute Gasteiger partial charge is 0.256 e. The molecule has 0 aliphatic heterocycles. The van der Waals surface area contributed by atoms with Crippen LogP contribution in [0.15, 0.2) is 53.1 Å². The number of amides is 2.